The molecule has 0 amide bonds. The maximum atomic E-state index is 12.2. The number of rotatable bonds is 14. The molecule has 34 heavy (non-hydrogen) atoms. The Labute approximate surface area is 191 Å². The quantitative estimate of drug-likeness (QED) is 0.131. The van der Waals surface area contributed by atoms with Crippen LogP contribution in [0, 0.1) is 0 Å². The third-order valence-electron chi connectivity index (χ3n) is 3.89. The summed E-state index contributed by atoms with van der Waals surface area (Å²) in [4.78, 5) is 0. The molecule has 0 aromatic rings. The Hall–Kier alpha value is -0.880. The van der Waals surface area contributed by atoms with Crippen LogP contribution < -0.4 is 0 Å². The lowest BCUT2D eigenvalue weighted by Gasteiger charge is -2.31. The van der Waals surface area contributed by atoms with Crippen LogP contribution in [0.25, 0.3) is 0 Å². The van der Waals surface area contributed by atoms with E-state index in [0.717, 1.165) is 13.0 Å². The van der Waals surface area contributed by atoms with Gasteiger partial charge in [-0.2, -0.15) is 47.9 Å². The number of hydrogen-bond acceptors (Lipinski definition) is 6. The summed E-state index contributed by atoms with van der Waals surface area (Å²) in [6.45, 7) is 8.50. The van der Waals surface area contributed by atoms with Gasteiger partial charge in [0.05, 0.1) is 0 Å². The maximum absolute atomic E-state index is 12.2. The van der Waals surface area contributed by atoms with Crippen LogP contribution in [-0.2, 0) is 29.1 Å². The van der Waals surface area contributed by atoms with E-state index in [4.69, 9.17) is 23.5 Å². The molecule has 208 valence electrons. The van der Waals surface area contributed by atoms with Crippen molar-refractivity contribution in [3.05, 3.63) is 0 Å². The monoisotopic (exact) mass is 548 g/mol. The molecule has 17 heteroatoms. The molecule has 7 nitrogen and oxygen atoms in total. The lowest BCUT2D eigenvalue weighted by atomic mass is 10.1. The Kier molecular flexibility index (Phi) is 14.5. The third kappa shape index (κ3) is 10.4. The summed E-state index contributed by atoms with van der Waals surface area (Å²) < 4.78 is 155. The third-order valence-corrected chi connectivity index (χ3v) is 4.79. The van der Waals surface area contributed by atoms with Crippen molar-refractivity contribution < 1.29 is 71.4 Å². The molecule has 0 aromatic carbocycles. The molecule has 0 saturated carbocycles. The smallest absolute Gasteiger partial charge is 0.356 e. The zero-order chi connectivity index (χ0) is 27.6. The summed E-state index contributed by atoms with van der Waals surface area (Å²) in [6.07, 6.45) is -3.14. The van der Waals surface area contributed by atoms with Crippen molar-refractivity contribution in [2.24, 2.45) is 0 Å². The summed E-state index contributed by atoms with van der Waals surface area (Å²) >= 11 is 0. The molecule has 0 aliphatic carbocycles. The van der Waals surface area contributed by atoms with E-state index in [1.54, 1.807) is 7.11 Å². The number of hydrogen-bond donors (Lipinski definition) is 1. The average Bonchev–Trinajstić information content (AvgIpc) is 2.65. The van der Waals surface area contributed by atoms with Gasteiger partial charge in [0.1, 0.15) is 0 Å². The lowest BCUT2D eigenvalue weighted by Crippen LogP contribution is -2.63. The van der Waals surface area contributed by atoms with E-state index >= 15 is 0 Å². The van der Waals surface area contributed by atoms with E-state index in [1.165, 1.54) is 19.3 Å². The zero-order valence-corrected chi connectivity index (χ0v) is 19.8. The molecule has 0 fully saturated rings. The molecule has 3 unspecified atom stereocenters. The fourth-order valence-corrected chi connectivity index (χ4v) is 2.42. The molecule has 0 bridgehead atoms. The number of methoxy groups -OCH3 is 1. The predicted molar refractivity (Wildman–Crippen MR) is 100 cm³/mol. The number of ether oxygens (including phenoxy) is 4. The number of unbranched alkanes of at least 4 members (excludes halogenated alkanes) is 3. The maximum Gasteiger partial charge on any atom is 0.460 e. The van der Waals surface area contributed by atoms with Crippen molar-refractivity contribution >= 4 is 10.1 Å². The van der Waals surface area contributed by atoms with Gasteiger partial charge in [-0.3, -0.25) is 4.55 Å². The minimum absolute atomic E-state index is 0.240. The van der Waals surface area contributed by atoms with Gasteiger partial charge in [-0.05, 0) is 27.2 Å². The highest BCUT2D eigenvalue weighted by atomic mass is 32.2. The summed E-state index contributed by atoms with van der Waals surface area (Å²) in [7, 11) is -5.56. The Bertz CT molecular complexity index is 673. The Morgan fingerprint density at radius 3 is 1.62 bits per heavy atom. The summed E-state index contributed by atoms with van der Waals surface area (Å²) in [5, 5.41) is -7.00. The molecule has 1 N–H and O–H groups in total. The minimum Gasteiger partial charge on any atom is -0.356 e. The molecule has 0 rings (SSSR count). The van der Waals surface area contributed by atoms with Gasteiger partial charge in [0, 0.05) is 13.7 Å². The van der Waals surface area contributed by atoms with Gasteiger partial charge in [-0.1, -0.05) is 26.2 Å². The molecule has 3 atom stereocenters. The first-order chi connectivity index (χ1) is 15.1. The van der Waals surface area contributed by atoms with Crippen LogP contribution in [-0.4, -0.2) is 68.8 Å². The van der Waals surface area contributed by atoms with E-state index in [2.05, 4.69) is 6.92 Å². The second kappa shape index (κ2) is 14.0. The van der Waals surface area contributed by atoms with E-state index in [-0.39, 0.29) is 18.9 Å². The van der Waals surface area contributed by atoms with Crippen molar-refractivity contribution in [2.45, 2.75) is 95.5 Å². The first kappa shape index (κ1) is 35.3. The van der Waals surface area contributed by atoms with Gasteiger partial charge in [0.25, 0.3) is 0 Å². The van der Waals surface area contributed by atoms with E-state index in [0.29, 0.717) is 0 Å². The van der Waals surface area contributed by atoms with Crippen LogP contribution in [0.5, 0.6) is 0 Å². The Morgan fingerprint density at radius 2 is 1.24 bits per heavy atom. The zero-order valence-electron chi connectivity index (χ0n) is 19.0. The molecular formula is C17H29F9O7S. The van der Waals surface area contributed by atoms with Gasteiger partial charge in [0.15, 0.2) is 18.9 Å². The van der Waals surface area contributed by atoms with Crippen LogP contribution in [0.3, 0.4) is 0 Å². The van der Waals surface area contributed by atoms with Gasteiger partial charge in [0.2, 0.25) is 0 Å². The van der Waals surface area contributed by atoms with Crippen molar-refractivity contribution in [1.82, 2.24) is 0 Å². The van der Waals surface area contributed by atoms with E-state index < -0.39 is 33.4 Å². The molecule has 0 spiro atoms. The molecule has 0 radical (unpaired) electrons. The highest BCUT2D eigenvalue weighted by molar-refractivity contribution is 7.87. The van der Waals surface area contributed by atoms with Crippen molar-refractivity contribution in [3.8, 4) is 0 Å². The van der Waals surface area contributed by atoms with Gasteiger partial charge >= 0.3 is 33.4 Å². The Balaban J connectivity index is 0. The average molecular weight is 548 g/mol. The Morgan fingerprint density at radius 1 is 0.765 bits per heavy atom. The van der Waals surface area contributed by atoms with Crippen LogP contribution in [0.15, 0.2) is 0 Å². The summed E-state index contributed by atoms with van der Waals surface area (Å²) in [5.41, 5.74) is 0. The SMILES string of the molecule is CCCCCCOC(C)OC(C)OC(C)OC.O=S(=O)(O)C(F)(F)C(F)(F)C(F)(F)C(F)(F)F. The lowest BCUT2D eigenvalue weighted by molar-refractivity contribution is -0.382. The highest BCUT2D eigenvalue weighted by Crippen LogP contribution is 2.54. The van der Waals surface area contributed by atoms with E-state index in [1.807, 2.05) is 20.8 Å². The second-order valence-corrected chi connectivity index (χ2v) is 8.24. The van der Waals surface area contributed by atoms with Crippen molar-refractivity contribution in [1.29, 1.82) is 0 Å². The van der Waals surface area contributed by atoms with Crippen LogP contribution >= 0.6 is 0 Å². The summed E-state index contributed by atoms with van der Waals surface area (Å²) in [5.74, 6) is -14.7. The molecule has 0 aliphatic rings. The fraction of sp³-hybridized carbons (Fsp3) is 1.00. The molecule has 0 heterocycles. The van der Waals surface area contributed by atoms with Gasteiger partial charge < -0.3 is 18.9 Å². The van der Waals surface area contributed by atoms with Crippen molar-refractivity contribution in [3.63, 3.8) is 0 Å². The molecule has 0 aliphatic heterocycles. The number of alkyl halides is 9. The minimum atomic E-state index is -7.37. The van der Waals surface area contributed by atoms with Gasteiger partial charge in [-0.15, -0.1) is 0 Å². The van der Waals surface area contributed by atoms with Crippen molar-refractivity contribution in [2.75, 3.05) is 13.7 Å². The van der Waals surface area contributed by atoms with Crippen LogP contribution in [0.2, 0.25) is 0 Å². The molecular weight excluding hydrogens is 519 g/mol. The van der Waals surface area contributed by atoms with Gasteiger partial charge in [-0.25, -0.2) is 0 Å². The topological polar surface area (TPSA) is 91.3 Å². The fourth-order valence-electron chi connectivity index (χ4n) is 1.97. The molecule has 0 saturated heterocycles. The predicted octanol–water partition coefficient (Wildman–Crippen LogP) is 5.60. The van der Waals surface area contributed by atoms with Crippen LogP contribution in [0.4, 0.5) is 39.5 Å². The first-order valence-electron chi connectivity index (χ1n) is 9.72. The summed E-state index contributed by atoms with van der Waals surface area (Å²) in [6, 6.07) is 0. The van der Waals surface area contributed by atoms with E-state index in [9.17, 15) is 47.9 Å². The van der Waals surface area contributed by atoms with Crippen LogP contribution in [0.1, 0.15) is 53.4 Å². The normalized spacial score (nSPS) is 16.4. The standard InChI is InChI=1S/C13H28O4.C4HF9O3S/c1-6-7-8-9-10-15-12(3)17-13(4)16-11(2)14-5;5-1(6,3(9,10)11)2(7,8)4(12,13)17(14,15)16/h11-13H,6-10H2,1-5H3;(H,14,15,16). The number of halogens is 9. The first-order valence-corrected chi connectivity index (χ1v) is 11.2. The largest absolute Gasteiger partial charge is 0.460 e. The second-order valence-electron chi connectivity index (χ2n) is 6.78. The highest BCUT2D eigenvalue weighted by Gasteiger charge is 2.85. The molecule has 0 aromatic heterocycles.